The van der Waals surface area contributed by atoms with Crippen LogP contribution < -0.4 is 14.8 Å². The van der Waals surface area contributed by atoms with Gasteiger partial charge in [0.05, 0.1) is 10.6 Å². The number of rotatable bonds is 7. The van der Waals surface area contributed by atoms with Gasteiger partial charge in [-0.05, 0) is 79.9 Å². The standard InChI is InChI=1S/C23H24N2O4S/c1-16-12-17(2)14-20(13-16)29-15-23(26)24-19-8-10-21(11-9-19)30(27,28)25-22-7-5-4-6-18(22)3/h4-14,25H,15H2,1-3H3,(H,24,26). The predicted octanol–water partition coefficient (Wildman–Crippen LogP) is 4.43. The molecule has 2 N–H and O–H groups in total. The van der Waals surface area contributed by atoms with Crippen LogP contribution in [0.3, 0.4) is 0 Å². The topological polar surface area (TPSA) is 84.5 Å². The predicted molar refractivity (Wildman–Crippen MR) is 118 cm³/mol. The van der Waals surface area contributed by atoms with Crippen molar-refractivity contribution in [1.82, 2.24) is 0 Å². The maximum absolute atomic E-state index is 12.6. The summed E-state index contributed by atoms with van der Waals surface area (Å²) in [4.78, 5) is 12.3. The van der Waals surface area contributed by atoms with Crippen molar-refractivity contribution in [3.63, 3.8) is 0 Å². The first kappa shape index (κ1) is 21.4. The lowest BCUT2D eigenvalue weighted by Gasteiger charge is -2.11. The maximum Gasteiger partial charge on any atom is 0.262 e. The molecule has 0 aliphatic rings. The van der Waals surface area contributed by atoms with Crippen LogP contribution in [-0.4, -0.2) is 20.9 Å². The SMILES string of the molecule is Cc1cc(C)cc(OCC(=O)Nc2ccc(S(=O)(=O)Nc3ccccc3C)cc2)c1. The molecule has 0 saturated heterocycles. The third-order valence-electron chi connectivity index (χ3n) is 4.40. The summed E-state index contributed by atoms with van der Waals surface area (Å²) < 4.78 is 33.3. The highest BCUT2D eigenvalue weighted by molar-refractivity contribution is 7.92. The second-order valence-electron chi connectivity index (χ2n) is 7.11. The van der Waals surface area contributed by atoms with Gasteiger partial charge in [-0.1, -0.05) is 24.3 Å². The highest BCUT2D eigenvalue weighted by atomic mass is 32.2. The molecule has 30 heavy (non-hydrogen) atoms. The highest BCUT2D eigenvalue weighted by Gasteiger charge is 2.15. The van der Waals surface area contributed by atoms with Crippen molar-refractivity contribution < 1.29 is 17.9 Å². The summed E-state index contributed by atoms with van der Waals surface area (Å²) in [6.07, 6.45) is 0. The van der Waals surface area contributed by atoms with Crippen LogP contribution in [-0.2, 0) is 14.8 Å². The Morgan fingerprint density at radius 3 is 2.17 bits per heavy atom. The van der Waals surface area contributed by atoms with Crippen molar-refractivity contribution in [2.75, 3.05) is 16.6 Å². The molecule has 0 radical (unpaired) electrons. The molecular formula is C23H24N2O4S. The lowest BCUT2D eigenvalue weighted by molar-refractivity contribution is -0.118. The van der Waals surface area contributed by atoms with Crippen LogP contribution in [0.5, 0.6) is 5.75 Å². The minimum Gasteiger partial charge on any atom is -0.484 e. The number of ether oxygens (including phenoxy) is 1. The summed E-state index contributed by atoms with van der Waals surface area (Å²) in [6.45, 7) is 5.61. The highest BCUT2D eigenvalue weighted by Crippen LogP contribution is 2.21. The molecule has 7 heteroatoms. The fourth-order valence-electron chi connectivity index (χ4n) is 2.97. The average molecular weight is 425 g/mol. The van der Waals surface area contributed by atoms with E-state index in [0.717, 1.165) is 16.7 Å². The molecule has 1 amide bonds. The van der Waals surface area contributed by atoms with E-state index in [1.165, 1.54) is 12.1 Å². The Morgan fingerprint density at radius 1 is 0.900 bits per heavy atom. The van der Waals surface area contributed by atoms with E-state index in [4.69, 9.17) is 4.74 Å². The zero-order chi connectivity index (χ0) is 21.7. The van der Waals surface area contributed by atoms with Gasteiger partial charge in [0.1, 0.15) is 5.75 Å². The summed E-state index contributed by atoms with van der Waals surface area (Å²) in [5.74, 6) is 0.300. The molecule has 3 aromatic rings. The Bertz CT molecular complexity index is 1140. The molecule has 0 bridgehead atoms. The monoisotopic (exact) mass is 424 g/mol. The molecule has 3 aromatic carbocycles. The van der Waals surface area contributed by atoms with E-state index in [-0.39, 0.29) is 17.4 Å². The van der Waals surface area contributed by atoms with Gasteiger partial charge in [-0.3, -0.25) is 9.52 Å². The van der Waals surface area contributed by atoms with Gasteiger partial charge in [0.2, 0.25) is 0 Å². The third kappa shape index (κ3) is 5.61. The normalized spacial score (nSPS) is 11.0. The molecule has 0 spiro atoms. The lowest BCUT2D eigenvalue weighted by Crippen LogP contribution is -2.20. The molecule has 0 aliphatic carbocycles. The maximum atomic E-state index is 12.6. The molecule has 6 nitrogen and oxygen atoms in total. The van der Waals surface area contributed by atoms with Gasteiger partial charge in [-0.15, -0.1) is 0 Å². The van der Waals surface area contributed by atoms with E-state index in [0.29, 0.717) is 17.1 Å². The number of carbonyl (C=O) groups is 1. The minimum absolute atomic E-state index is 0.107. The first-order chi connectivity index (χ1) is 14.2. The van der Waals surface area contributed by atoms with Gasteiger partial charge in [0.25, 0.3) is 15.9 Å². The van der Waals surface area contributed by atoms with Crippen LogP contribution in [0.25, 0.3) is 0 Å². The van der Waals surface area contributed by atoms with Gasteiger partial charge in [0, 0.05) is 5.69 Å². The van der Waals surface area contributed by atoms with Gasteiger partial charge < -0.3 is 10.1 Å². The van der Waals surface area contributed by atoms with E-state index in [1.54, 1.807) is 24.3 Å². The quantitative estimate of drug-likeness (QED) is 0.588. The molecule has 0 unspecified atom stereocenters. The lowest BCUT2D eigenvalue weighted by atomic mass is 10.1. The summed E-state index contributed by atoms with van der Waals surface area (Å²) in [6, 6.07) is 18.9. The van der Waals surface area contributed by atoms with Gasteiger partial charge in [0.15, 0.2) is 6.61 Å². The van der Waals surface area contributed by atoms with Crippen molar-refractivity contribution in [3.8, 4) is 5.75 Å². The van der Waals surface area contributed by atoms with Crippen molar-refractivity contribution >= 4 is 27.3 Å². The fraction of sp³-hybridized carbons (Fsp3) is 0.174. The Morgan fingerprint density at radius 2 is 1.53 bits per heavy atom. The second-order valence-corrected chi connectivity index (χ2v) is 8.79. The molecule has 0 heterocycles. The van der Waals surface area contributed by atoms with Gasteiger partial charge in [-0.25, -0.2) is 8.42 Å². The van der Waals surface area contributed by atoms with Gasteiger partial charge in [-0.2, -0.15) is 0 Å². The van der Waals surface area contributed by atoms with Crippen LogP contribution in [0.4, 0.5) is 11.4 Å². The molecule has 0 aliphatic heterocycles. The third-order valence-corrected chi connectivity index (χ3v) is 5.78. The number of anilines is 2. The molecule has 3 rings (SSSR count). The van der Waals surface area contributed by atoms with Gasteiger partial charge >= 0.3 is 0 Å². The first-order valence-electron chi connectivity index (χ1n) is 9.42. The molecule has 0 fully saturated rings. The van der Waals surface area contributed by atoms with E-state index in [1.807, 2.05) is 51.1 Å². The molecule has 0 atom stereocenters. The summed E-state index contributed by atoms with van der Waals surface area (Å²) in [5.41, 5.74) is 3.95. The smallest absolute Gasteiger partial charge is 0.262 e. The molecular weight excluding hydrogens is 400 g/mol. The minimum atomic E-state index is -3.72. The van der Waals surface area contributed by atoms with E-state index in [2.05, 4.69) is 10.0 Å². The molecule has 0 saturated carbocycles. The van der Waals surface area contributed by atoms with E-state index >= 15 is 0 Å². The number of hydrogen-bond acceptors (Lipinski definition) is 4. The fourth-order valence-corrected chi connectivity index (χ4v) is 4.10. The zero-order valence-electron chi connectivity index (χ0n) is 17.1. The molecule has 156 valence electrons. The first-order valence-corrected chi connectivity index (χ1v) is 10.9. The van der Waals surface area contributed by atoms with Crippen LogP contribution in [0.1, 0.15) is 16.7 Å². The summed E-state index contributed by atoms with van der Waals surface area (Å²) in [7, 11) is -3.72. The number of hydrogen-bond donors (Lipinski definition) is 2. The number of para-hydroxylation sites is 1. The Hall–Kier alpha value is -3.32. The average Bonchev–Trinajstić information content (AvgIpc) is 2.68. The number of benzene rings is 3. The van der Waals surface area contributed by atoms with Crippen molar-refractivity contribution in [2.24, 2.45) is 0 Å². The second kappa shape index (κ2) is 9.00. The number of carbonyl (C=O) groups excluding carboxylic acids is 1. The Kier molecular flexibility index (Phi) is 6.42. The van der Waals surface area contributed by atoms with E-state index < -0.39 is 10.0 Å². The molecule has 0 aromatic heterocycles. The zero-order valence-corrected chi connectivity index (χ0v) is 17.9. The summed E-state index contributed by atoms with van der Waals surface area (Å²) >= 11 is 0. The number of amides is 1. The van der Waals surface area contributed by atoms with Crippen molar-refractivity contribution in [2.45, 2.75) is 25.7 Å². The van der Waals surface area contributed by atoms with E-state index in [9.17, 15) is 13.2 Å². The summed E-state index contributed by atoms with van der Waals surface area (Å²) in [5, 5.41) is 2.70. The van der Waals surface area contributed by atoms with Crippen molar-refractivity contribution in [1.29, 1.82) is 0 Å². The van der Waals surface area contributed by atoms with Crippen LogP contribution >= 0.6 is 0 Å². The Balaban J connectivity index is 1.61. The van der Waals surface area contributed by atoms with Crippen LogP contribution in [0.15, 0.2) is 71.6 Å². The van der Waals surface area contributed by atoms with Crippen molar-refractivity contribution in [3.05, 3.63) is 83.4 Å². The van der Waals surface area contributed by atoms with Crippen LogP contribution in [0, 0.1) is 20.8 Å². The number of nitrogens with one attached hydrogen (secondary N) is 2. The Labute approximate surface area is 177 Å². The largest absolute Gasteiger partial charge is 0.484 e. The number of aryl methyl sites for hydroxylation is 3. The van der Waals surface area contributed by atoms with Crippen LogP contribution in [0.2, 0.25) is 0 Å². The number of sulfonamides is 1.